The number of rotatable bonds is 4. The van der Waals surface area contributed by atoms with Crippen LogP contribution in [0.2, 0.25) is 0 Å². The first-order valence-electron chi connectivity index (χ1n) is 8.62. The Hall–Kier alpha value is -3.10. The van der Waals surface area contributed by atoms with Crippen LogP contribution in [0, 0.1) is 6.92 Å². The third-order valence-corrected chi connectivity index (χ3v) is 6.37. The molecule has 28 heavy (non-hydrogen) atoms. The predicted octanol–water partition coefficient (Wildman–Crippen LogP) is 5.30. The van der Waals surface area contributed by atoms with E-state index in [1.54, 1.807) is 33.6 Å². The van der Waals surface area contributed by atoms with Gasteiger partial charge in [0.05, 0.1) is 10.6 Å². The van der Waals surface area contributed by atoms with Crippen molar-refractivity contribution in [2.75, 3.05) is 0 Å². The predicted molar refractivity (Wildman–Crippen MR) is 111 cm³/mol. The van der Waals surface area contributed by atoms with Gasteiger partial charge in [0.25, 0.3) is 5.89 Å². The SMILES string of the molecule is Cc1ccc(-c2nc(-c3ccc(-c4noc(-c5ccnn5C)n4)cc3)cs2)s1. The van der Waals surface area contributed by atoms with Crippen molar-refractivity contribution in [2.45, 2.75) is 6.92 Å². The number of benzene rings is 1. The van der Waals surface area contributed by atoms with Gasteiger partial charge in [0, 0.05) is 34.6 Å². The maximum atomic E-state index is 5.38. The first-order valence-corrected chi connectivity index (χ1v) is 10.3. The lowest BCUT2D eigenvalue weighted by Gasteiger charge is -1.98. The summed E-state index contributed by atoms with van der Waals surface area (Å²) in [6.45, 7) is 2.11. The smallest absolute Gasteiger partial charge is 0.276 e. The lowest BCUT2D eigenvalue weighted by atomic mass is 10.1. The van der Waals surface area contributed by atoms with Crippen molar-refractivity contribution in [2.24, 2.45) is 7.05 Å². The summed E-state index contributed by atoms with van der Waals surface area (Å²) < 4.78 is 7.09. The maximum absolute atomic E-state index is 5.38. The number of thiazole rings is 1. The van der Waals surface area contributed by atoms with Crippen LogP contribution in [-0.2, 0) is 7.05 Å². The van der Waals surface area contributed by atoms with Gasteiger partial charge in [0.15, 0.2) is 0 Å². The summed E-state index contributed by atoms with van der Waals surface area (Å²) in [5, 5.41) is 11.4. The normalized spacial score (nSPS) is 11.2. The van der Waals surface area contributed by atoms with E-state index in [4.69, 9.17) is 9.51 Å². The Bertz CT molecular complexity index is 1250. The minimum Gasteiger partial charge on any atom is -0.332 e. The van der Waals surface area contributed by atoms with Crippen LogP contribution < -0.4 is 0 Å². The molecule has 0 N–H and O–H groups in total. The van der Waals surface area contributed by atoms with Gasteiger partial charge in [-0.15, -0.1) is 22.7 Å². The second kappa shape index (κ2) is 6.81. The van der Waals surface area contributed by atoms with E-state index >= 15 is 0 Å². The molecule has 0 atom stereocenters. The third-order valence-electron chi connectivity index (χ3n) is 4.36. The van der Waals surface area contributed by atoms with Crippen LogP contribution >= 0.6 is 22.7 Å². The van der Waals surface area contributed by atoms with E-state index < -0.39 is 0 Å². The van der Waals surface area contributed by atoms with Crippen molar-refractivity contribution >= 4 is 22.7 Å². The van der Waals surface area contributed by atoms with Crippen molar-refractivity contribution in [1.29, 1.82) is 0 Å². The second-order valence-electron chi connectivity index (χ2n) is 6.29. The second-order valence-corrected chi connectivity index (χ2v) is 8.43. The minimum atomic E-state index is 0.453. The molecule has 0 saturated carbocycles. The zero-order chi connectivity index (χ0) is 19.1. The Morgan fingerprint density at radius 3 is 2.50 bits per heavy atom. The summed E-state index contributed by atoms with van der Waals surface area (Å²) in [6.07, 6.45) is 1.70. The van der Waals surface area contributed by atoms with E-state index in [-0.39, 0.29) is 0 Å². The van der Waals surface area contributed by atoms with Crippen molar-refractivity contribution < 1.29 is 4.52 Å². The van der Waals surface area contributed by atoms with Gasteiger partial charge in [0.1, 0.15) is 10.7 Å². The lowest BCUT2D eigenvalue weighted by molar-refractivity contribution is 0.428. The average molecular weight is 406 g/mol. The van der Waals surface area contributed by atoms with E-state index in [0.717, 1.165) is 27.5 Å². The number of aromatic nitrogens is 5. The highest BCUT2D eigenvalue weighted by atomic mass is 32.1. The Labute approximate surface area is 169 Å². The van der Waals surface area contributed by atoms with E-state index in [1.165, 1.54) is 9.75 Å². The summed E-state index contributed by atoms with van der Waals surface area (Å²) in [5.41, 5.74) is 3.72. The number of aryl methyl sites for hydroxylation is 2. The molecule has 0 aliphatic rings. The number of hydrogen-bond donors (Lipinski definition) is 0. The molecule has 0 aliphatic carbocycles. The molecule has 0 amide bonds. The van der Waals surface area contributed by atoms with E-state index in [9.17, 15) is 0 Å². The van der Waals surface area contributed by atoms with Crippen molar-refractivity contribution in [1.82, 2.24) is 24.9 Å². The number of thiophene rings is 1. The van der Waals surface area contributed by atoms with Gasteiger partial charge < -0.3 is 4.52 Å². The fraction of sp³-hybridized carbons (Fsp3) is 0.100. The van der Waals surface area contributed by atoms with E-state index in [1.807, 2.05) is 37.4 Å². The molecule has 0 saturated heterocycles. The van der Waals surface area contributed by atoms with Crippen molar-refractivity contribution in [3.63, 3.8) is 0 Å². The summed E-state index contributed by atoms with van der Waals surface area (Å²) in [4.78, 5) is 11.8. The Morgan fingerprint density at radius 2 is 1.79 bits per heavy atom. The van der Waals surface area contributed by atoms with Crippen molar-refractivity contribution in [3.05, 3.63) is 58.9 Å². The summed E-state index contributed by atoms with van der Waals surface area (Å²) in [7, 11) is 1.84. The number of nitrogens with zero attached hydrogens (tertiary/aromatic N) is 5. The van der Waals surface area contributed by atoms with Crippen LogP contribution in [0.15, 0.2) is 58.6 Å². The van der Waals surface area contributed by atoms with Gasteiger partial charge in [-0.2, -0.15) is 10.1 Å². The molecule has 0 radical (unpaired) electrons. The quantitative estimate of drug-likeness (QED) is 0.406. The zero-order valence-corrected chi connectivity index (χ0v) is 16.8. The highest BCUT2D eigenvalue weighted by Gasteiger charge is 2.14. The fourth-order valence-electron chi connectivity index (χ4n) is 2.89. The highest BCUT2D eigenvalue weighted by Crippen LogP contribution is 2.33. The first kappa shape index (κ1) is 17.0. The third kappa shape index (κ3) is 3.06. The zero-order valence-electron chi connectivity index (χ0n) is 15.2. The molecule has 5 rings (SSSR count). The standard InChI is InChI=1S/C20H15N5OS2/c1-12-3-8-17(28-12)20-22-15(11-27-20)13-4-6-14(7-5-13)18-23-19(26-24-18)16-9-10-21-25(16)2/h3-11H,1-2H3. The molecular weight excluding hydrogens is 390 g/mol. The molecule has 0 spiro atoms. The van der Waals surface area contributed by atoms with Gasteiger partial charge in [-0.05, 0) is 25.1 Å². The molecule has 5 aromatic rings. The minimum absolute atomic E-state index is 0.453. The molecule has 4 heterocycles. The van der Waals surface area contributed by atoms with Crippen LogP contribution in [0.5, 0.6) is 0 Å². The average Bonchev–Trinajstić information content (AvgIpc) is 3.48. The topological polar surface area (TPSA) is 69.6 Å². The molecule has 0 unspecified atom stereocenters. The summed E-state index contributed by atoms with van der Waals surface area (Å²) >= 11 is 3.43. The largest absolute Gasteiger partial charge is 0.332 e. The Morgan fingerprint density at radius 1 is 0.964 bits per heavy atom. The van der Waals surface area contributed by atoms with Gasteiger partial charge in [0.2, 0.25) is 5.82 Å². The molecule has 138 valence electrons. The van der Waals surface area contributed by atoms with Gasteiger partial charge in [-0.1, -0.05) is 29.4 Å². The fourth-order valence-corrected chi connectivity index (χ4v) is 4.66. The van der Waals surface area contributed by atoms with Crippen LogP contribution in [0.25, 0.3) is 44.1 Å². The molecule has 1 aromatic carbocycles. The maximum Gasteiger partial charge on any atom is 0.276 e. The first-order chi connectivity index (χ1) is 13.7. The highest BCUT2D eigenvalue weighted by molar-refractivity contribution is 7.21. The molecule has 8 heteroatoms. The molecular formula is C20H15N5OS2. The van der Waals surface area contributed by atoms with Gasteiger partial charge in [-0.25, -0.2) is 4.98 Å². The van der Waals surface area contributed by atoms with Gasteiger partial charge >= 0.3 is 0 Å². The van der Waals surface area contributed by atoms with E-state index in [0.29, 0.717) is 11.7 Å². The van der Waals surface area contributed by atoms with Crippen LogP contribution in [0.4, 0.5) is 0 Å². The Balaban J connectivity index is 1.40. The molecule has 0 aliphatic heterocycles. The lowest BCUT2D eigenvalue weighted by Crippen LogP contribution is -1.93. The molecule has 6 nitrogen and oxygen atoms in total. The van der Waals surface area contributed by atoms with Crippen LogP contribution in [0.3, 0.4) is 0 Å². The molecule has 4 aromatic heterocycles. The van der Waals surface area contributed by atoms with Crippen LogP contribution in [-0.4, -0.2) is 24.9 Å². The molecule has 0 fully saturated rings. The van der Waals surface area contributed by atoms with Gasteiger partial charge in [-0.3, -0.25) is 4.68 Å². The van der Waals surface area contributed by atoms with Crippen molar-refractivity contribution in [3.8, 4) is 44.1 Å². The number of hydrogen-bond acceptors (Lipinski definition) is 7. The Kier molecular flexibility index (Phi) is 4.14. The molecule has 0 bridgehead atoms. The monoisotopic (exact) mass is 405 g/mol. The van der Waals surface area contributed by atoms with Crippen LogP contribution in [0.1, 0.15) is 4.88 Å². The summed E-state index contributed by atoms with van der Waals surface area (Å²) in [6, 6.07) is 14.1. The van der Waals surface area contributed by atoms with E-state index in [2.05, 4.69) is 39.7 Å². The summed E-state index contributed by atoms with van der Waals surface area (Å²) in [5.74, 6) is 1.00.